The fraction of sp³-hybridized carbons (Fsp3) is 0.500. The van der Waals surface area contributed by atoms with Gasteiger partial charge in [-0.15, -0.1) is 22.7 Å². The zero-order chi connectivity index (χ0) is 27.2. The third-order valence-corrected chi connectivity index (χ3v) is 8.56. The van der Waals surface area contributed by atoms with Gasteiger partial charge in [-0.25, -0.2) is 9.97 Å². The van der Waals surface area contributed by atoms with Crippen molar-refractivity contribution in [2.24, 2.45) is 0 Å². The highest BCUT2D eigenvalue weighted by atomic mass is 32.1. The fourth-order valence-electron chi connectivity index (χ4n) is 4.41. The monoisotopic (exact) mass is 559 g/mol. The van der Waals surface area contributed by atoms with E-state index in [1.165, 1.54) is 19.8 Å². The number of nitrogens with zero attached hydrogens (tertiary/aromatic N) is 4. The number of esters is 2. The summed E-state index contributed by atoms with van der Waals surface area (Å²) in [7, 11) is 0.521. The fourth-order valence-corrected chi connectivity index (χ4v) is 6.15. The Balaban J connectivity index is 1.28. The van der Waals surface area contributed by atoms with E-state index in [0.29, 0.717) is 41.9 Å². The standard InChI is InChI=1S/C22H25B2N4O8S2/c1-24(34)28-7-3-5-14(28)22(33)36-11-16(31)20-26-9-18(38-20)17-8-25-19(37-17)15(30)10-35-21(32)13-4-2-6-27(13)23-12-29/h8-9,12-14,34H,2-7,10-11H2,1H3/t13-,14-/m0/s1. The zero-order valence-corrected chi connectivity index (χ0v) is 22.2. The van der Waals surface area contributed by atoms with E-state index in [4.69, 9.17) is 9.47 Å². The Morgan fingerprint density at radius 2 is 1.53 bits per heavy atom. The minimum Gasteiger partial charge on any atom is -0.456 e. The molecule has 38 heavy (non-hydrogen) atoms. The minimum atomic E-state index is -0.778. The summed E-state index contributed by atoms with van der Waals surface area (Å²) in [5.74, 6) is -2.05. The molecule has 2 atom stereocenters. The number of thiazole rings is 2. The summed E-state index contributed by atoms with van der Waals surface area (Å²) < 4.78 is 10.3. The highest BCUT2D eigenvalue weighted by Gasteiger charge is 2.36. The topological polar surface area (TPSA) is 156 Å². The molecule has 4 rings (SSSR count). The maximum Gasteiger partial charge on any atom is 0.377 e. The van der Waals surface area contributed by atoms with Crippen LogP contribution in [0.25, 0.3) is 9.75 Å². The maximum atomic E-state index is 12.5. The predicted octanol–water partition coefficient (Wildman–Crippen LogP) is 0.567. The second kappa shape index (κ2) is 12.8. The Bertz CT molecular complexity index is 1210. The first-order chi connectivity index (χ1) is 18.3. The highest BCUT2D eigenvalue weighted by molar-refractivity contribution is 7.23. The van der Waals surface area contributed by atoms with Crippen molar-refractivity contribution in [1.82, 2.24) is 19.6 Å². The first-order valence-corrected chi connectivity index (χ1v) is 13.7. The quantitative estimate of drug-likeness (QED) is 0.167. The molecule has 1 radical (unpaired) electrons. The van der Waals surface area contributed by atoms with Crippen LogP contribution in [0.4, 0.5) is 0 Å². The summed E-state index contributed by atoms with van der Waals surface area (Å²) in [6.07, 6.45) is 6.18. The third kappa shape index (κ3) is 6.61. The minimum absolute atomic E-state index is 0.143. The Kier molecular flexibility index (Phi) is 9.54. The van der Waals surface area contributed by atoms with E-state index in [2.05, 4.69) is 9.97 Å². The van der Waals surface area contributed by atoms with Crippen LogP contribution in [0.1, 0.15) is 45.3 Å². The van der Waals surface area contributed by atoms with Crippen molar-refractivity contribution in [3.63, 3.8) is 0 Å². The molecule has 199 valence electrons. The van der Waals surface area contributed by atoms with Crippen molar-refractivity contribution < 1.29 is 38.5 Å². The van der Waals surface area contributed by atoms with Crippen molar-refractivity contribution in [1.29, 1.82) is 0 Å². The molecular formula is C22H25B2N4O8S2. The molecule has 1 N–H and O–H groups in total. The molecule has 2 aromatic heterocycles. The molecule has 0 unspecified atom stereocenters. The third-order valence-electron chi connectivity index (χ3n) is 6.29. The van der Waals surface area contributed by atoms with Gasteiger partial charge in [0.2, 0.25) is 11.6 Å². The number of hydrogen-bond donors (Lipinski definition) is 1. The number of ketones is 2. The summed E-state index contributed by atoms with van der Waals surface area (Å²) in [5.41, 5.74) is 0. The van der Waals surface area contributed by atoms with Gasteiger partial charge in [-0.1, -0.05) is 0 Å². The van der Waals surface area contributed by atoms with Gasteiger partial charge in [0.15, 0.2) is 23.2 Å². The lowest BCUT2D eigenvalue weighted by Gasteiger charge is -2.23. The average Bonchev–Trinajstić information content (AvgIpc) is 3.71. The van der Waals surface area contributed by atoms with Crippen molar-refractivity contribution in [3.05, 3.63) is 22.4 Å². The smallest absolute Gasteiger partial charge is 0.377 e. The Labute approximate surface area is 227 Å². The van der Waals surface area contributed by atoms with E-state index in [1.54, 1.807) is 16.4 Å². The normalized spacial score (nSPS) is 19.7. The van der Waals surface area contributed by atoms with Crippen LogP contribution < -0.4 is 0 Å². The van der Waals surface area contributed by atoms with Gasteiger partial charge >= 0.3 is 19.0 Å². The molecule has 2 fully saturated rings. The van der Waals surface area contributed by atoms with Crippen molar-refractivity contribution in [2.75, 3.05) is 26.3 Å². The average molecular weight is 559 g/mol. The van der Waals surface area contributed by atoms with Gasteiger partial charge in [0, 0.05) is 12.4 Å². The number of rotatable bonds is 12. The molecular weight excluding hydrogens is 534 g/mol. The van der Waals surface area contributed by atoms with Crippen LogP contribution in [0.3, 0.4) is 0 Å². The molecule has 4 heterocycles. The molecule has 0 bridgehead atoms. The van der Waals surface area contributed by atoms with E-state index < -0.39 is 55.9 Å². The Hall–Kier alpha value is -2.78. The van der Waals surface area contributed by atoms with E-state index in [0.717, 1.165) is 35.5 Å². The SMILES string of the molecule is CB(O)N1CCC[C@H]1C(=O)OCC(=O)c1ncc(-c2cnc(C(=O)COC(=O)[C@@H]3CCCN3[B]C=O)s2)s1. The zero-order valence-electron chi connectivity index (χ0n) is 20.6. The molecule has 16 heteroatoms. The van der Waals surface area contributed by atoms with Gasteiger partial charge < -0.3 is 28.9 Å². The second-order valence-electron chi connectivity index (χ2n) is 8.83. The molecule has 12 nitrogen and oxygen atoms in total. The van der Waals surface area contributed by atoms with Crippen molar-refractivity contribution in [2.45, 2.75) is 44.6 Å². The lowest BCUT2D eigenvalue weighted by molar-refractivity contribution is -0.147. The summed E-state index contributed by atoms with van der Waals surface area (Å²) in [4.78, 5) is 73.1. The molecule has 0 saturated carbocycles. The number of aromatic nitrogens is 2. The number of carbonyl (C=O) groups excluding carboxylic acids is 5. The van der Waals surface area contributed by atoms with Gasteiger partial charge in [-0.2, -0.15) is 0 Å². The van der Waals surface area contributed by atoms with Gasteiger partial charge in [0.25, 0.3) is 7.41 Å². The van der Waals surface area contributed by atoms with Crippen LogP contribution >= 0.6 is 22.7 Å². The Morgan fingerprint density at radius 3 is 2.08 bits per heavy atom. The van der Waals surface area contributed by atoms with Gasteiger partial charge in [0.05, 0.1) is 22.0 Å². The summed E-state index contributed by atoms with van der Waals surface area (Å²) in [6.45, 7) is 1.81. The number of Topliss-reactive ketones (excluding diaryl/α,β-unsaturated/α-hetero) is 2. The maximum absolute atomic E-state index is 12.5. The van der Waals surface area contributed by atoms with Gasteiger partial charge in [-0.3, -0.25) is 19.2 Å². The lowest BCUT2D eigenvalue weighted by atomic mass is 9.84. The van der Waals surface area contributed by atoms with Crippen LogP contribution in [-0.4, -0.2) is 107 Å². The molecule has 2 aliphatic rings. The molecule has 0 amide bonds. The summed E-state index contributed by atoms with van der Waals surface area (Å²) in [6, 6.07) is -1.16. The first kappa shape index (κ1) is 28.2. The van der Waals surface area contributed by atoms with Crippen molar-refractivity contribution >= 4 is 66.8 Å². The van der Waals surface area contributed by atoms with E-state index in [-0.39, 0.29) is 10.0 Å². The molecule has 2 aromatic rings. The summed E-state index contributed by atoms with van der Waals surface area (Å²) >= 11 is 2.16. The van der Waals surface area contributed by atoms with Crippen LogP contribution in [0.15, 0.2) is 12.4 Å². The molecule has 2 aliphatic heterocycles. The largest absolute Gasteiger partial charge is 0.456 e. The van der Waals surface area contributed by atoms with Crippen LogP contribution in [0, 0.1) is 0 Å². The Morgan fingerprint density at radius 1 is 1.00 bits per heavy atom. The summed E-state index contributed by atoms with van der Waals surface area (Å²) in [5, 5.41) is 10.1. The van der Waals surface area contributed by atoms with Gasteiger partial charge in [0.1, 0.15) is 6.04 Å². The predicted molar refractivity (Wildman–Crippen MR) is 140 cm³/mol. The molecule has 0 aliphatic carbocycles. The first-order valence-electron chi connectivity index (χ1n) is 12.1. The second-order valence-corrected chi connectivity index (χ2v) is 10.9. The number of ether oxygens (including phenoxy) is 2. The molecule has 0 aromatic carbocycles. The van der Waals surface area contributed by atoms with Crippen LogP contribution in [-0.2, 0) is 23.9 Å². The molecule has 2 saturated heterocycles. The molecule has 0 spiro atoms. The highest BCUT2D eigenvalue weighted by Crippen LogP contribution is 2.31. The number of carbonyl (C=O) groups is 5. The lowest BCUT2D eigenvalue weighted by Crippen LogP contribution is -2.45. The van der Waals surface area contributed by atoms with Crippen molar-refractivity contribution in [3.8, 4) is 9.75 Å². The van der Waals surface area contributed by atoms with Gasteiger partial charge in [-0.05, 0) is 45.6 Å². The number of hydrogen-bond acceptors (Lipinski definition) is 14. The van der Waals surface area contributed by atoms with Crippen LogP contribution in [0.5, 0.6) is 0 Å². The van der Waals surface area contributed by atoms with E-state index in [1.807, 2.05) is 0 Å². The van der Waals surface area contributed by atoms with Crippen LogP contribution in [0.2, 0.25) is 6.82 Å². The van der Waals surface area contributed by atoms with E-state index in [9.17, 15) is 29.0 Å². The van der Waals surface area contributed by atoms with E-state index >= 15 is 0 Å².